The fourth-order valence-electron chi connectivity index (χ4n) is 1.48. The van der Waals surface area contributed by atoms with Crippen LogP contribution in [0.4, 0.5) is 0 Å². The maximum absolute atomic E-state index is 5.94. The van der Waals surface area contributed by atoms with E-state index in [1.54, 1.807) is 0 Å². The van der Waals surface area contributed by atoms with Crippen LogP contribution in [0, 0.1) is 0 Å². The Kier molecular flexibility index (Phi) is 2.57. The summed E-state index contributed by atoms with van der Waals surface area (Å²) >= 11 is 5.94. The zero-order valence-corrected chi connectivity index (χ0v) is 8.38. The van der Waals surface area contributed by atoms with Crippen LogP contribution in [0.5, 0.6) is 0 Å². The fraction of sp³-hybridized carbons (Fsp3) is 0.0909. The fourth-order valence-corrected chi connectivity index (χ4v) is 1.65. The van der Waals surface area contributed by atoms with Gasteiger partial charge >= 0.3 is 0 Å². The van der Waals surface area contributed by atoms with Crippen molar-refractivity contribution in [2.45, 2.75) is 6.54 Å². The molecule has 0 fully saturated rings. The van der Waals surface area contributed by atoms with Gasteiger partial charge in [0.25, 0.3) is 0 Å². The van der Waals surface area contributed by atoms with Crippen molar-refractivity contribution in [3.63, 3.8) is 0 Å². The number of nitrogens with two attached hydrogens (primary N) is 1. The Hall–Kier alpha value is -1.25. The first-order valence-electron chi connectivity index (χ1n) is 4.43. The third kappa shape index (κ3) is 1.67. The van der Waals surface area contributed by atoms with Crippen molar-refractivity contribution in [2.75, 3.05) is 0 Å². The molecule has 1 aromatic heterocycles. The lowest BCUT2D eigenvalue weighted by Gasteiger charge is -2.06. The van der Waals surface area contributed by atoms with Gasteiger partial charge in [-0.2, -0.15) is 0 Å². The predicted molar refractivity (Wildman–Crippen MR) is 59.1 cm³/mol. The third-order valence-corrected chi connectivity index (χ3v) is 2.42. The number of benzene rings is 1. The van der Waals surface area contributed by atoms with Crippen LogP contribution in [0.2, 0.25) is 5.02 Å². The van der Waals surface area contributed by atoms with Gasteiger partial charge in [-0.15, -0.1) is 0 Å². The summed E-state index contributed by atoms with van der Waals surface area (Å²) in [6.45, 7) is 0.519. The number of H-pyrrole nitrogens is 1. The molecule has 2 nitrogen and oxygen atoms in total. The van der Waals surface area contributed by atoms with Crippen LogP contribution < -0.4 is 5.73 Å². The summed E-state index contributed by atoms with van der Waals surface area (Å²) in [4.78, 5) is 3.14. The highest BCUT2D eigenvalue weighted by Crippen LogP contribution is 2.25. The zero-order valence-electron chi connectivity index (χ0n) is 7.63. The predicted octanol–water partition coefficient (Wildman–Crippen LogP) is 2.79. The van der Waals surface area contributed by atoms with Gasteiger partial charge in [-0.3, -0.25) is 0 Å². The van der Waals surface area contributed by atoms with Crippen LogP contribution in [0.15, 0.2) is 36.5 Å². The molecule has 3 heteroatoms. The molecular formula is C11H11ClN2. The molecule has 3 N–H and O–H groups in total. The van der Waals surface area contributed by atoms with Crippen molar-refractivity contribution in [3.8, 4) is 11.3 Å². The van der Waals surface area contributed by atoms with E-state index < -0.39 is 0 Å². The SMILES string of the molecule is NCc1ccc(Cl)cc1-c1ccc[nH]1. The second-order valence-electron chi connectivity index (χ2n) is 3.09. The van der Waals surface area contributed by atoms with E-state index in [4.69, 9.17) is 17.3 Å². The van der Waals surface area contributed by atoms with E-state index in [0.29, 0.717) is 6.54 Å². The van der Waals surface area contributed by atoms with Crippen molar-refractivity contribution in [3.05, 3.63) is 47.1 Å². The topological polar surface area (TPSA) is 41.8 Å². The van der Waals surface area contributed by atoms with Crippen molar-refractivity contribution in [1.82, 2.24) is 4.98 Å². The van der Waals surface area contributed by atoms with Crippen molar-refractivity contribution in [1.29, 1.82) is 0 Å². The molecule has 0 aliphatic rings. The Morgan fingerprint density at radius 1 is 1.29 bits per heavy atom. The first kappa shape index (κ1) is 9.31. The van der Waals surface area contributed by atoms with Gasteiger partial charge in [-0.1, -0.05) is 17.7 Å². The first-order chi connectivity index (χ1) is 6.81. The molecular weight excluding hydrogens is 196 g/mol. The number of rotatable bonds is 2. The minimum atomic E-state index is 0.519. The Bertz CT molecular complexity index is 421. The molecule has 0 saturated heterocycles. The van der Waals surface area contributed by atoms with Gasteiger partial charge in [0, 0.05) is 29.0 Å². The normalized spacial score (nSPS) is 10.4. The van der Waals surface area contributed by atoms with Gasteiger partial charge in [0.15, 0.2) is 0 Å². The zero-order chi connectivity index (χ0) is 9.97. The lowest BCUT2D eigenvalue weighted by atomic mass is 10.1. The van der Waals surface area contributed by atoms with Crippen molar-refractivity contribution in [2.24, 2.45) is 5.73 Å². The third-order valence-electron chi connectivity index (χ3n) is 2.18. The lowest BCUT2D eigenvalue weighted by Crippen LogP contribution is -1.98. The summed E-state index contributed by atoms with van der Waals surface area (Å²) in [6.07, 6.45) is 1.89. The van der Waals surface area contributed by atoms with Gasteiger partial charge in [-0.05, 0) is 29.8 Å². The van der Waals surface area contributed by atoms with Crippen LogP contribution in [0.1, 0.15) is 5.56 Å². The maximum atomic E-state index is 5.94. The molecule has 1 aromatic carbocycles. The molecule has 2 rings (SSSR count). The van der Waals surface area contributed by atoms with Crippen LogP contribution in [-0.2, 0) is 6.54 Å². The molecule has 0 aliphatic heterocycles. The minimum absolute atomic E-state index is 0.519. The largest absolute Gasteiger partial charge is 0.361 e. The van der Waals surface area contributed by atoms with Crippen molar-refractivity contribution >= 4 is 11.6 Å². The van der Waals surface area contributed by atoms with Gasteiger partial charge in [0.2, 0.25) is 0 Å². The van der Waals surface area contributed by atoms with Crippen molar-refractivity contribution < 1.29 is 0 Å². The van der Waals surface area contributed by atoms with E-state index in [2.05, 4.69) is 4.98 Å². The Morgan fingerprint density at radius 3 is 2.79 bits per heavy atom. The average molecular weight is 207 g/mol. The average Bonchev–Trinajstić information content (AvgIpc) is 2.70. The summed E-state index contributed by atoms with van der Waals surface area (Å²) in [7, 11) is 0. The molecule has 0 radical (unpaired) electrons. The molecule has 0 aliphatic carbocycles. The summed E-state index contributed by atoms with van der Waals surface area (Å²) in [5.41, 5.74) is 8.87. The summed E-state index contributed by atoms with van der Waals surface area (Å²) < 4.78 is 0. The number of hydrogen-bond acceptors (Lipinski definition) is 1. The molecule has 1 heterocycles. The summed E-state index contributed by atoms with van der Waals surface area (Å²) in [6, 6.07) is 9.70. The number of nitrogens with one attached hydrogen (secondary N) is 1. The van der Waals surface area contributed by atoms with Gasteiger partial charge in [0.1, 0.15) is 0 Å². The number of hydrogen-bond donors (Lipinski definition) is 2. The molecule has 14 heavy (non-hydrogen) atoms. The molecule has 2 aromatic rings. The Morgan fingerprint density at radius 2 is 2.14 bits per heavy atom. The molecule has 0 amide bonds. The van der Waals surface area contributed by atoms with Gasteiger partial charge < -0.3 is 10.7 Å². The Labute approximate surface area is 87.7 Å². The minimum Gasteiger partial charge on any atom is -0.361 e. The second kappa shape index (κ2) is 3.86. The Balaban J connectivity index is 2.55. The molecule has 0 unspecified atom stereocenters. The van der Waals surface area contributed by atoms with Crippen LogP contribution in [-0.4, -0.2) is 4.98 Å². The summed E-state index contributed by atoms with van der Waals surface area (Å²) in [5.74, 6) is 0. The lowest BCUT2D eigenvalue weighted by molar-refractivity contribution is 1.07. The van der Waals surface area contributed by atoms with E-state index in [-0.39, 0.29) is 0 Å². The summed E-state index contributed by atoms with van der Waals surface area (Å²) in [5, 5.41) is 0.729. The molecule has 0 bridgehead atoms. The quantitative estimate of drug-likeness (QED) is 0.780. The highest BCUT2D eigenvalue weighted by molar-refractivity contribution is 6.30. The van der Waals surface area contributed by atoms with E-state index in [0.717, 1.165) is 21.8 Å². The molecule has 0 spiro atoms. The molecule has 0 saturated carbocycles. The number of halogens is 1. The number of aromatic amines is 1. The van der Waals surface area contributed by atoms with Crippen LogP contribution in [0.25, 0.3) is 11.3 Å². The standard InChI is InChI=1S/C11H11ClN2/c12-9-4-3-8(7-13)10(6-9)11-2-1-5-14-11/h1-6,14H,7,13H2. The number of aromatic nitrogens is 1. The molecule has 72 valence electrons. The smallest absolute Gasteiger partial charge is 0.0457 e. The van der Waals surface area contributed by atoms with E-state index in [9.17, 15) is 0 Å². The maximum Gasteiger partial charge on any atom is 0.0457 e. The van der Waals surface area contributed by atoms with Gasteiger partial charge in [-0.25, -0.2) is 0 Å². The van der Waals surface area contributed by atoms with Crippen LogP contribution >= 0.6 is 11.6 Å². The van der Waals surface area contributed by atoms with E-state index >= 15 is 0 Å². The van der Waals surface area contributed by atoms with E-state index in [1.165, 1.54) is 0 Å². The molecule has 0 atom stereocenters. The first-order valence-corrected chi connectivity index (χ1v) is 4.81. The second-order valence-corrected chi connectivity index (χ2v) is 3.53. The highest BCUT2D eigenvalue weighted by Gasteiger charge is 2.04. The monoisotopic (exact) mass is 206 g/mol. The highest BCUT2D eigenvalue weighted by atomic mass is 35.5. The van der Waals surface area contributed by atoms with Crippen LogP contribution in [0.3, 0.4) is 0 Å². The van der Waals surface area contributed by atoms with E-state index in [1.807, 2.05) is 36.5 Å². The van der Waals surface area contributed by atoms with Gasteiger partial charge in [0.05, 0.1) is 0 Å².